The van der Waals surface area contributed by atoms with Crippen LogP contribution < -0.4 is 10.5 Å². The van der Waals surface area contributed by atoms with E-state index in [9.17, 15) is 4.39 Å². The van der Waals surface area contributed by atoms with Crippen molar-refractivity contribution in [3.8, 4) is 5.75 Å². The van der Waals surface area contributed by atoms with Crippen molar-refractivity contribution in [3.05, 3.63) is 64.4 Å². The Kier molecular flexibility index (Phi) is 4.77. The summed E-state index contributed by atoms with van der Waals surface area (Å²) >= 11 is 5.91. The minimum atomic E-state index is -0.279. The summed E-state index contributed by atoms with van der Waals surface area (Å²) in [5.41, 5.74) is 7.26. The molecule has 2 N–H and O–H groups in total. The molecule has 100 valence electrons. The standard InChI is InChI=1S/C15H15ClFNO/c16-13-3-1-2-11(8-13)10-19-15-5-4-14(17)9-12(15)6-7-18/h1-5,8-9H,6-7,10,18H2. The summed E-state index contributed by atoms with van der Waals surface area (Å²) in [6.07, 6.45) is 0.586. The van der Waals surface area contributed by atoms with Gasteiger partial charge in [-0.2, -0.15) is 0 Å². The minimum Gasteiger partial charge on any atom is -0.489 e. The fourth-order valence-electron chi connectivity index (χ4n) is 1.83. The number of benzene rings is 2. The van der Waals surface area contributed by atoms with E-state index in [1.165, 1.54) is 12.1 Å². The minimum absolute atomic E-state index is 0.279. The van der Waals surface area contributed by atoms with Crippen LogP contribution in [0.5, 0.6) is 5.75 Å². The van der Waals surface area contributed by atoms with Crippen molar-refractivity contribution in [1.29, 1.82) is 0 Å². The van der Waals surface area contributed by atoms with E-state index in [2.05, 4.69) is 0 Å². The summed E-state index contributed by atoms with van der Waals surface area (Å²) in [4.78, 5) is 0. The van der Waals surface area contributed by atoms with E-state index >= 15 is 0 Å². The maximum Gasteiger partial charge on any atom is 0.123 e. The molecule has 0 radical (unpaired) electrons. The lowest BCUT2D eigenvalue weighted by Gasteiger charge is -2.11. The fraction of sp³-hybridized carbons (Fsp3) is 0.200. The van der Waals surface area contributed by atoms with Gasteiger partial charge in [-0.25, -0.2) is 4.39 Å². The average molecular weight is 280 g/mol. The maximum atomic E-state index is 13.2. The van der Waals surface area contributed by atoms with Crippen LogP contribution in [0.25, 0.3) is 0 Å². The van der Waals surface area contributed by atoms with E-state index in [0.717, 1.165) is 11.1 Å². The molecule has 0 aliphatic heterocycles. The van der Waals surface area contributed by atoms with Crippen LogP contribution in [0.3, 0.4) is 0 Å². The van der Waals surface area contributed by atoms with E-state index in [4.69, 9.17) is 22.1 Å². The Morgan fingerprint density at radius 3 is 2.74 bits per heavy atom. The maximum absolute atomic E-state index is 13.2. The van der Waals surface area contributed by atoms with Gasteiger partial charge < -0.3 is 10.5 Å². The molecule has 0 spiro atoms. The zero-order chi connectivity index (χ0) is 13.7. The molecule has 0 fully saturated rings. The normalized spacial score (nSPS) is 10.5. The van der Waals surface area contributed by atoms with Crippen LogP contribution in [-0.2, 0) is 13.0 Å². The zero-order valence-corrected chi connectivity index (χ0v) is 11.2. The van der Waals surface area contributed by atoms with Gasteiger partial charge in [0.05, 0.1) is 0 Å². The second kappa shape index (κ2) is 6.55. The number of nitrogens with two attached hydrogens (primary N) is 1. The summed E-state index contributed by atoms with van der Waals surface area (Å²) in [5.74, 6) is 0.380. The van der Waals surface area contributed by atoms with Gasteiger partial charge in [0.2, 0.25) is 0 Å². The number of hydrogen-bond acceptors (Lipinski definition) is 2. The van der Waals surface area contributed by atoms with Crippen molar-refractivity contribution >= 4 is 11.6 Å². The predicted molar refractivity (Wildman–Crippen MR) is 74.9 cm³/mol. The highest BCUT2D eigenvalue weighted by atomic mass is 35.5. The highest BCUT2D eigenvalue weighted by Crippen LogP contribution is 2.22. The van der Waals surface area contributed by atoms with E-state index in [1.54, 1.807) is 6.07 Å². The number of hydrogen-bond donors (Lipinski definition) is 1. The molecular weight excluding hydrogens is 265 g/mol. The van der Waals surface area contributed by atoms with Gasteiger partial charge in [-0.3, -0.25) is 0 Å². The Bertz CT molecular complexity index is 560. The van der Waals surface area contributed by atoms with Crippen LogP contribution in [0.4, 0.5) is 4.39 Å². The Balaban J connectivity index is 2.10. The highest BCUT2D eigenvalue weighted by molar-refractivity contribution is 6.30. The summed E-state index contributed by atoms with van der Waals surface area (Å²) < 4.78 is 18.9. The van der Waals surface area contributed by atoms with Gasteiger partial charge in [0.1, 0.15) is 18.2 Å². The molecule has 0 amide bonds. The van der Waals surface area contributed by atoms with Crippen LogP contribution in [0, 0.1) is 5.82 Å². The molecule has 0 saturated carbocycles. The van der Waals surface area contributed by atoms with Crippen molar-refractivity contribution in [2.24, 2.45) is 5.73 Å². The van der Waals surface area contributed by atoms with Crippen LogP contribution in [-0.4, -0.2) is 6.54 Å². The number of rotatable bonds is 5. The zero-order valence-electron chi connectivity index (χ0n) is 10.4. The molecule has 19 heavy (non-hydrogen) atoms. The second-order valence-corrected chi connectivity index (χ2v) is 4.65. The average Bonchev–Trinajstić information content (AvgIpc) is 2.38. The van der Waals surface area contributed by atoms with Crippen molar-refractivity contribution in [2.45, 2.75) is 13.0 Å². The van der Waals surface area contributed by atoms with Crippen LogP contribution in [0.15, 0.2) is 42.5 Å². The van der Waals surface area contributed by atoms with Crippen molar-refractivity contribution in [2.75, 3.05) is 6.54 Å². The van der Waals surface area contributed by atoms with E-state index in [-0.39, 0.29) is 5.82 Å². The molecule has 0 aliphatic rings. The molecule has 4 heteroatoms. The first-order valence-corrected chi connectivity index (χ1v) is 6.42. The van der Waals surface area contributed by atoms with E-state index < -0.39 is 0 Å². The van der Waals surface area contributed by atoms with Crippen molar-refractivity contribution in [3.63, 3.8) is 0 Å². The predicted octanol–water partition coefficient (Wildman–Crippen LogP) is 3.56. The molecule has 0 aliphatic carbocycles. The van der Waals surface area contributed by atoms with E-state index in [1.807, 2.05) is 24.3 Å². The van der Waals surface area contributed by atoms with Crippen LogP contribution in [0.2, 0.25) is 5.02 Å². The van der Waals surface area contributed by atoms with Crippen LogP contribution in [0.1, 0.15) is 11.1 Å². The largest absolute Gasteiger partial charge is 0.489 e. The molecular formula is C15H15ClFNO. The topological polar surface area (TPSA) is 35.2 Å². The molecule has 0 unspecified atom stereocenters. The molecule has 2 rings (SSSR count). The first-order valence-electron chi connectivity index (χ1n) is 6.05. The van der Waals surface area contributed by atoms with Gasteiger partial charge in [0, 0.05) is 5.02 Å². The third-order valence-corrected chi connectivity index (χ3v) is 2.95. The summed E-state index contributed by atoms with van der Waals surface area (Å²) in [5, 5.41) is 0.669. The first-order chi connectivity index (χ1) is 9.19. The van der Waals surface area contributed by atoms with E-state index in [0.29, 0.717) is 30.3 Å². The number of ether oxygens (including phenoxy) is 1. The number of halogens is 2. The second-order valence-electron chi connectivity index (χ2n) is 4.21. The monoisotopic (exact) mass is 279 g/mol. The quantitative estimate of drug-likeness (QED) is 0.908. The molecule has 0 aromatic heterocycles. The third kappa shape index (κ3) is 3.94. The first kappa shape index (κ1) is 13.8. The smallest absolute Gasteiger partial charge is 0.123 e. The Labute approximate surface area is 117 Å². The lowest BCUT2D eigenvalue weighted by molar-refractivity contribution is 0.302. The molecule has 2 nitrogen and oxygen atoms in total. The van der Waals surface area contributed by atoms with Gasteiger partial charge in [-0.05, 0) is 54.4 Å². The molecule has 0 heterocycles. The van der Waals surface area contributed by atoms with Gasteiger partial charge in [-0.1, -0.05) is 23.7 Å². The summed E-state index contributed by atoms with van der Waals surface area (Å²) in [6, 6.07) is 11.9. The van der Waals surface area contributed by atoms with Gasteiger partial charge in [0.15, 0.2) is 0 Å². The van der Waals surface area contributed by atoms with Gasteiger partial charge >= 0.3 is 0 Å². The fourth-order valence-corrected chi connectivity index (χ4v) is 2.04. The molecule has 0 bridgehead atoms. The Morgan fingerprint density at radius 1 is 1.16 bits per heavy atom. The lowest BCUT2D eigenvalue weighted by Crippen LogP contribution is -2.06. The Morgan fingerprint density at radius 2 is 2.00 bits per heavy atom. The van der Waals surface area contributed by atoms with Crippen LogP contribution >= 0.6 is 11.6 Å². The molecule has 0 atom stereocenters. The Hall–Kier alpha value is -1.58. The molecule has 0 saturated heterocycles. The van der Waals surface area contributed by atoms with Gasteiger partial charge in [0.25, 0.3) is 0 Å². The molecule has 2 aromatic rings. The highest BCUT2D eigenvalue weighted by Gasteiger charge is 2.05. The lowest BCUT2D eigenvalue weighted by atomic mass is 10.1. The summed E-state index contributed by atoms with van der Waals surface area (Å²) in [6.45, 7) is 0.848. The van der Waals surface area contributed by atoms with Gasteiger partial charge in [-0.15, -0.1) is 0 Å². The SMILES string of the molecule is NCCc1cc(F)ccc1OCc1cccc(Cl)c1. The molecule has 2 aromatic carbocycles. The third-order valence-electron chi connectivity index (χ3n) is 2.72. The van der Waals surface area contributed by atoms with Crippen molar-refractivity contribution < 1.29 is 9.13 Å². The van der Waals surface area contributed by atoms with Crippen molar-refractivity contribution in [1.82, 2.24) is 0 Å². The summed E-state index contributed by atoms with van der Waals surface area (Å²) in [7, 11) is 0.